The van der Waals surface area contributed by atoms with E-state index in [-0.39, 0.29) is 6.04 Å². The van der Waals surface area contributed by atoms with Crippen molar-refractivity contribution in [2.24, 2.45) is 4.99 Å². The summed E-state index contributed by atoms with van der Waals surface area (Å²) in [5, 5.41) is 15.5. The minimum atomic E-state index is -2.39. The van der Waals surface area contributed by atoms with Gasteiger partial charge in [0.1, 0.15) is 22.5 Å². The number of hydrogen-bond acceptors (Lipinski definition) is 8. The highest BCUT2D eigenvalue weighted by molar-refractivity contribution is 8.02. The number of hydrogen-bond donors (Lipinski definition) is 2. The van der Waals surface area contributed by atoms with E-state index in [9.17, 15) is 18.7 Å². The van der Waals surface area contributed by atoms with Gasteiger partial charge in [0.25, 0.3) is 6.43 Å². The molecule has 2 aliphatic heterocycles. The molecule has 2 saturated heterocycles. The molecule has 3 unspecified atom stereocenters. The molecule has 11 heteroatoms. The summed E-state index contributed by atoms with van der Waals surface area (Å²) >= 11 is 3.02. The van der Waals surface area contributed by atoms with Crippen molar-refractivity contribution in [3.63, 3.8) is 0 Å². The van der Waals surface area contributed by atoms with E-state index < -0.39 is 18.1 Å². The lowest BCUT2D eigenvalue weighted by Crippen LogP contribution is -2.54. The highest BCUT2D eigenvalue weighted by atomic mass is 32.2. The molecule has 2 aliphatic rings. The SMILES string of the molecule is C=N/C(=C\SCNc1ccc(C)cn1)c1sc(C(C)O)nc1C.O=CN1C2CCCC1(C(F)F)CC2. The van der Waals surface area contributed by atoms with Crippen LogP contribution in [0.4, 0.5) is 14.6 Å². The van der Waals surface area contributed by atoms with Gasteiger partial charge in [-0.2, -0.15) is 0 Å². The van der Waals surface area contributed by atoms with Crippen molar-refractivity contribution in [1.29, 1.82) is 0 Å². The normalized spacial score (nSPS) is 22.1. The molecule has 0 saturated carbocycles. The lowest BCUT2D eigenvalue weighted by atomic mass is 9.89. The van der Waals surface area contributed by atoms with Crippen LogP contribution in [0.5, 0.6) is 0 Å². The molecule has 2 aromatic rings. The highest BCUT2D eigenvalue weighted by Gasteiger charge is 2.53. The minimum Gasteiger partial charge on any atom is -0.386 e. The molecule has 2 fully saturated rings. The standard InChI is InChI=1S/C16H20N4OS2.C9H13F2NO/c1-10-5-6-14(18-7-10)19-9-22-8-13(17-4)15-11(2)20-16(23-15)12(3)21;10-8(11)9-4-1-2-7(3-5-9)12(9)6-13/h5-8,12,21H,4,9H2,1-3H3,(H,18,19);6-8H,1-5H2/b13-8-;. The van der Waals surface area contributed by atoms with Crippen molar-refractivity contribution in [3.8, 4) is 0 Å². The second-order valence-electron chi connectivity index (χ2n) is 9.01. The fraction of sp³-hybridized carbons (Fsp3) is 0.520. The number of aliphatic imine (C=N–C) groups is 1. The molecule has 7 nitrogen and oxygen atoms in total. The van der Waals surface area contributed by atoms with Crippen LogP contribution in [-0.4, -0.2) is 57.0 Å². The number of aryl methyl sites for hydroxylation is 2. The maximum Gasteiger partial charge on any atom is 0.261 e. The Balaban J connectivity index is 0.000000233. The van der Waals surface area contributed by atoms with E-state index in [4.69, 9.17) is 0 Å². The first kappa shape index (κ1) is 28.2. The fourth-order valence-corrected chi connectivity index (χ4v) is 6.28. The number of fused-ring (bicyclic) bond motifs is 2. The molecule has 0 aliphatic carbocycles. The predicted molar refractivity (Wildman–Crippen MR) is 144 cm³/mol. The largest absolute Gasteiger partial charge is 0.386 e. The molecule has 36 heavy (non-hydrogen) atoms. The van der Waals surface area contributed by atoms with Crippen LogP contribution in [-0.2, 0) is 4.79 Å². The zero-order valence-electron chi connectivity index (χ0n) is 20.8. The molecular weight excluding hydrogens is 504 g/mol. The van der Waals surface area contributed by atoms with Gasteiger partial charge in [-0.3, -0.25) is 9.79 Å². The number of aliphatic hydroxyl groups is 1. The third kappa shape index (κ3) is 6.49. The number of pyridine rings is 1. The summed E-state index contributed by atoms with van der Waals surface area (Å²) in [6.45, 7) is 9.26. The Kier molecular flexibility index (Phi) is 9.98. The Hall–Kier alpha value is -2.37. The Morgan fingerprint density at radius 1 is 1.42 bits per heavy atom. The number of nitrogens with one attached hydrogen (secondary N) is 1. The van der Waals surface area contributed by atoms with Gasteiger partial charge in [0.2, 0.25) is 6.41 Å². The van der Waals surface area contributed by atoms with E-state index in [1.807, 2.05) is 37.6 Å². The quantitative estimate of drug-likeness (QED) is 0.182. The smallest absolute Gasteiger partial charge is 0.261 e. The minimum absolute atomic E-state index is 0.0836. The molecule has 2 bridgehead atoms. The van der Waals surface area contributed by atoms with E-state index in [0.717, 1.165) is 46.9 Å². The predicted octanol–water partition coefficient (Wildman–Crippen LogP) is 5.81. The number of carbonyl (C=O) groups is 1. The monoisotopic (exact) mass is 537 g/mol. The number of halogens is 2. The molecule has 0 radical (unpaired) electrons. The van der Waals surface area contributed by atoms with Crippen molar-refractivity contribution in [2.45, 2.75) is 77.0 Å². The van der Waals surface area contributed by atoms with E-state index in [0.29, 0.717) is 30.1 Å². The number of alkyl halides is 2. The first-order valence-corrected chi connectivity index (χ1v) is 13.7. The summed E-state index contributed by atoms with van der Waals surface area (Å²) in [5.41, 5.74) is 1.66. The second-order valence-corrected chi connectivity index (χ2v) is 10.9. The molecule has 4 rings (SSSR count). The van der Waals surface area contributed by atoms with Crippen LogP contribution >= 0.6 is 23.1 Å². The fourth-order valence-electron chi connectivity index (χ4n) is 4.56. The van der Waals surface area contributed by atoms with E-state index in [2.05, 4.69) is 27.0 Å². The molecule has 4 heterocycles. The van der Waals surface area contributed by atoms with E-state index in [1.165, 1.54) is 16.2 Å². The van der Waals surface area contributed by atoms with Crippen LogP contribution < -0.4 is 5.32 Å². The maximum atomic E-state index is 12.8. The van der Waals surface area contributed by atoms with Gasteiger partial charge in [0.05, 0.1) is 22.1 Å². The molecule has 2 aromatic heterocycles. The maximum absolute atomic E-state index is 12.8. The van der Waals surface area contributed by atoms with Crippen LogP contribution in [0.25, 0.3) is 5.70 Å². The van der Waals surface area contributed by atoms with Crippen LogP contribution in [0.3, 0.4) is 0 Å². The average Bonchev–Trinajstić information content (AvgIpc) is 3.34. The molecular formula is C25H33F2N5O2S2. The number of thioether (sulfide) groups is 1. The van der Waals surface area contributed by atoms with Gasteiger partial charge < -0.3 is 15.3 Å². The molecule has 1 amide bonds. The number of carbonyl (C=O) groups excluding carboxylic acids is 1. The first-order chi connectivity index (χ1) is 17.2. The van der Waals surface area contributed by atoms with Crippen molar-refractivity contribution in [1.82, 2.24) is 14.9 Å². The highest BCUT2D eigenvalue weighted by Crippen LogP contribution is 2.46. The van der Waals surface area contributed by atoms with Crippen LogP contribution in [0.15, 0.2) is 28.7 Å². The van der Waals surface area contributed by atoms with Crippen molar-refractivity contribution < 1.29 is 18.7 Å². The average molecular weight is 538 g/mol. The van der Waals surface area contributed by atoms with Gasteiger partial charge in [-0.15, -0.1) is 23.1 Å². The number of thiazole rings is 1. The van der Waals surface area contributed by atoms with Crippen LogP contribution in [0.2, 0.25) is 0 Å². The lowest BCUT2D eigenvalue weighted by molar-refractivity contribution is -0.135. The summed E-state index contributed by atoms with van der Waals surface area (Å²) in [5.74, 6) is 1.52. The van der Waals surface area contributed by atoms with E-state index >= 15 is 0 Å². The zero-order chi connectivity index (χ0) is 26.3. The summed E-state index contributed by atoms with van der Waals surface area (Å²) in [6, 6.07) is 4.06. The number of aromatic nitrogens is 2. The van der Waals surface area contributed by atoms with Gasteiger partial charge in [0, 0.05) is 12.2 Å². The summed E-state index contributed by atoms with van der Waals surface area (Å²) in [7, 11) is 0. The Bertz CT molecular complexity index is 1060. The topological polar surface area (TPSA) is 90.7 Å². The summed E-state index contributed by atoms with van der Waals surface area (Å²) in [6.07, 6.45) is 2.92. The van der Waals surface area contributed by atoms with Crippen LogP contribution in [0, 0.1) is 13.8 Å². The number of rotatable bonds is 9. The Labute approximate surface area is 219 Å². The van der Waals surface area contributed by atoms with Gasteiger partial charge in [0.15, 0.2) is 0 Å². The zero-order valence-corrected chi connectivity index (χ0v) is 22.4. The third-order valence-electron chi connectivity index (χ3n) is 6.50. The van der Waals surface area contributed by atoms with Crippen molar-refractivity contribution >= 4 is 47.7 Å². The lowest BCUT2D eigenvalue weighted by Gasteiger charge is -2.41. The molecule has 196 valence electrons. The number of anilines is 1. The molecule has 0 spiro atoms. The molecule has 3 atom stereocenters. The van der Waals surface area contributed by atoms with E-state index in [1.54, 1.807) is 18.7 Å². The van der Waals surface area contributed by atoms with Gasteiger partial charge >= 0.3 is 0 Å². The second kappa shape index (κ2) is 12.7. The summed E-state index contributed by atoms with van der Waals surface area (Å²) < 4.78 is 25.7. The molecule has 2 N–H and O–H groups in total. The van der Waals surface area contributed by atoms with Crippen molar-refractivity contribution in [2.75, 3.05) is 11.2 Å². The first-order valence-electron chi connectivity index (χ1n) is 11.8. The van der Waals surface area contributed by atoms with Gasteiger partial charge in [-0.05, 0) is 76.6 Å². The summed E-state index contributed by atoms with van der Waals surface area (Å²) in [4.78, 5) is 25.8. The van der Waals surface area contributed by atoms with Crippen molar-refractivity contribution in [3.05, 3.63) is 44.9 Å². The number of amides is 1. The number of aliphatic hydroxyl groups excluding tert-OH is 1. The Morgan fingerprint density at radius 2 is 2.19 bits per heavy atom. The number of nitrogens with zero attached hydrogens (tertiary/aromatic N) is 4. The third-order valence-corrected chi connectivity index (χ3v) is 8.55. The molecule has 0 aromatic carbocycles. The Morgan fingerprint density at radius 3 is 2.75 bits per heavy atom. The van der Waals surface area contributed by atoms with Gasteiger partial charge in [-0.25, -0.2) is 18.7 Å². The van der Waals surface area contributed by atoms with Crippen LogP contribution in [0.1, 0.15) is 66.3 Å². The van der Waals surface area contributed by atoms with Gasteiger partial charge in [-0.1, -0.05) is 6.07 Å². The number of piperidine rings is 1.